The lowest BCUT2D eigenvalue weighted by Gasteiger charge is -2.23. The molecule has 15 heteroatoms. The molecule has 1 aliphatic heterocycles. The Morgan fingerprint density at radius 1 is 0.977 bits per heavy atom. The van der Waals surface area contributed by atoms with E-state index in [1.165, 1.54) is 27.6 Å². The first-order valence-corrected chi connectivity index (χ1v) is 16.0. The number of carbonyl (C=O) groups excluding carboxylic acids is 4. The molecule has 5 rings (SSSR count). The number of thiazole rings is 2. The van der Waals surface area contributed by atoms with Crippen molar-refractivity contribution in [3.63, 3.8) is 0 Å². The fraction of sp³-hybridized carbons (Fsp3) is 0.379. The lowest BCUT2D eigenvalue weighted by Crippen LogP contribution is -2.43. The molecule has 4 N–H and O–H groups in total. The van der Waals surface area contributed by atoms with Crippen molar-refractivity contribution in [2.45, 2.75) is 45.7 Å². The van der Waals surface area contributed by atoms with Crippen molar-refractivity contribution in [3.8, 4) is 0 Å². The monoisotopic (exact) mass is 635 g/mol. The van der Waals surface area contributed by atoms with Crippen LogP contribution in [0, 0.1) is 12.8 Å². The SMILES string of the molecule is Cc1n[nH]nc1C(=O)N1CCCNC(=O)c2csc(n2)[C@H](C(C)C)NC(=O)c2csc(n2)[C@H](Cc2ccccc2)NC(=O)C1. The van der Waals surface area contributed by atoms with Crippen LogP contribution in [0.4, 0.5) is 0 Å². The van der Waals surface area contributed by atoms with E-state index in [1.54, 1.807) is 17.7 Å². The van der Waals surface area contributed by atoms with Crippen molar-refractivity contribution in [1.82, 2.24) is 46.2 Å². The van der Waals surface area contributed by atoms with Crippen LogP contribution in [0.2, 0.25) is 0 Å². The lowest BCUT2D eigenvalue weighted by molar-refractivity contribution is -0.122. The maximum Gasteiger partial charge on any atom is 0.276 e. The van der Waals surface area contributed by atoms with Crippen LogP contribution in [0.15, 0.2) is 41.1 Å². The Morgan fingerprint density at radius 3 is 2.39 bits per heavy atom. The quantitative estimate of drug-likeness (QED) is 0.265. The van der Waals surface area contributed by atoms with Crippen LogP contribution in [-0.4, -0.2) is 73.5 Å². The van der Waals surface area contributed by atoms with Gasteiger partial charge in [-0.05, 0) is 31.2 Å². The van der Waals surface area contributed by atoms with E-state index in [4.69, 9.17) is 0 Å². The van der Waals surface area contributed by atoms with Crippen molar-refractivity contribution >= 4 is 46.3 Å². The fourth-order valence-electron chi connectivity index (χ4n) is 4.73. The number of carbonyl (C=O) groups is 4. The predicted octanol–water partition coefficient (Wildman–Crippen LogP) is 2.83. The molecule has 13 nitrogen and oxygen atoms in total. The molecule has 0 spiro atoms. The molecule has 4 aromatic rings. The molecule has 4 heterocycles. The van der Waals surface area contributed by atoms with Crippen LogP contribution < -0.4 is 16.0 Å². The minimum Gasteiger partial charge on any atom is -0.351 e. The second-order valence-electron chi connectivity index (χ2n) is 10.7. The number of rotatable bonds is 4. The molecule has 2 atom stereocenters. The minimum atomic E-state index is -0.550. The smallest absolute Gasteiger partial charge is 0.276 e. The van der Waals surface area contributed by atoms with Gasteiger partial charge in [0.1, 0.15) is 21.4 Å². The summed E-state index contributed by atoms with van der Waals surface area (Å²) < 4.78 is 0. The Morgan fingerprint density at radius 2 is 1.68 bits per heavy atom. The number of hydrogen-bond acceptors (Lipinski definition) is 10. The Bertz CT molecular complexity index is 1630. The number of fused-ring (bicyclic) bond motifs is 4. The van der Waals surface area contributed by atoms with Crippen molar-refractivity contribution in [3.05, 3.63) is 79.4 Å². The molecule has 0 radical (unpaired) electrons. The third-order valence-electron chi connectivity index (χ3n) is 7.08. The van der Waals surface area contributed by atoms with Crippen molar-refractivity contribution in [2.75, 3.05) is 19.6 Å². The number of nitrogens with zero attached hydrogens (tertiary/aromatic N) is 5. The summed E-state index contributed by atoms with van der Waals surface area (Å²) in [5.41, 5.74) is 1.96. The van der Waals surface area contributed by atoms with Gasteiger partial charge in [-0.3, -0.25) is 19.2 Å². The molecule has 0 unspecified atom stereocenters. The van der Waals surface area contributed by atoms with E-state index in [9.17, 15) is 19.2 Å². The first-order chi connectivity index (χ1) is 21.2. The van der Waals surface area contributed by atoms with Gasteiger partial charge < -0.3 is 20.9 Å². The lowest BCUT2D eigenvalue weighted by atomic mass is 10.0. The topological polar surface area (TPSA) is 175 Å². The van der Waals surface area contributed by atoms with Crippen LogP contribution in [0.25, 0.3) is 0 Å². The first-order valence-electron chi connectivity index (χ1n) is 14.2. The van der Waals surface area contributed by atoms with E-state index in [0.29, 0.717) is 28.6 Å². The molecule has 230 valence electrons. The Kier molecular flexibility index (Phi) is 9.75. The second kappa shape index (κ2) is 13.9. The summed E-state index contributed by atoms with van der Waals surface area (Å²) in [6.45, 7) is 5.76. The Labute approximate surface area is 261 Å². The van der Waals surface area contributed by atoms with Gasteiger partial charge in [-0.2, -0.15) is 15.4 Å². The number of hydrogen-bond donors (Lipinski definition) is 4. The summed E-state index contributed by atoms with van der Waals surface area (Å²) in [6, 6.07) is 8.66. The highest BCUT2D eigenvalue weighted by Crippen LogP contribution is 2.27. The zero-order chi connectivity index (χ0) is 31.2. The molecular weight excluding hydrogens is 603 g/mol. The summed E-state index contributed by atoms with van der Waals surface area (Å²) in [5, 5.41) is 23.7. The van der Waals surface area contributed by atoms with Gasteiger partial charge in [0, 0.05) is 23.8 Å². The predicted molar refractivity (Wildman–Crippen MR) is 164 cm³/mol. The molecule has 0 saturated carbocycles. The molecular formula is C29H33N9O4S2. The molecule has 0 saturated heterocycles. The Balaban J connectivity index is 1.47. The molecule has 1 aromatic carbocycles. The van der Waals surface area contributed by atoms with Gasteiger partial charge in [0.05, 0.1) is 24.3 Å². The molecule has 3 aromatic heterocycles. The van der Waals surface area contributed by atoms with Gasteiger partial charge >= 0.3 is 0 Å². The summed E-state index contributed by atoms with van der Waals surface area (Å²) in [6.07, 6.45) is 0.812. The average molecular weight is 636 g/mol. The van der Waals surface area contributed by atoms with Gasteiger partial charge in [0.15, 0.2) is 5.69 Å². The van der Waals surface area contributed by atoms with E-state index < -0.39 is 23.9 Å². The van der Waals surface area contributed by atoms with Crippen LogP contribution >= 0.6 is 22.7 Å². The van der Waals surface area contributed by atoms with Gasteiger partial charge in [0.25, 0.3) is 17.7 Å². The maximum atomic E-state index is 13.5. The normalized spacial score (nSPS) is 18.5. The zero-order valence-electron chi connectivity index (χ0n) is 24.5. The van der Waals surface area contributed by atoms with Gasteiger partial charge in [-0.15, -0.1) is 22.7 Å². The van der Waals surface area contributed by atoms with Gasteiger partial charge in [-0.25, -0.2) is 9.97 Å². The minimum absolute atomic E-state index is 0.00443. The van der Waals surface area contributed by atoms with E-state index in [1.807, 2.05) is 44.2 Å². The zero-order valence-corrected chi connectivity index (χ0v) is 26.1. The summed E-state index contributed by atoms with van der Waals surface area (Å²) in [7, 11) is 0. The number of benzene rings is 1. The number of amides is 4. The highest BCUT2D eigenvalue weighted by molar-refractivity contribution is 7.10. The molecule has 4 amide bonds. The first kappa shape index (κ1) is 30.9. The number of nitrogens with one attached hydrogen (secondary N) is 4. The molecule has 0 aliphatic carbocycles. The van der Waals surface area contributed by atoms with E-state index in [-0.39, 0.29) is 54.4 Å². The molecule has 1 aliphatic rings. The van der Waals surface area contributed by atoms with Crippen molar-refractivity contribution < 1.29 is 19.2 Å². The summed E-state index contributed by atoms with van der Waals surface area (Å²) >= 11 is 2.58. The number of aromatic nitrogens is 5. The third-order valence-corrected chi connectivity index (χ3v) is 8.97. The highest BCUT2D eigenvalue weighted by atomic mass is 32.1. The van der Waals surface area contributed by atoms with E-state index in [2.05, 4.69) is 41.3 Å². The largest absolute Gasteiger partial charge is 0.351 e. The van der Waals surface area contributed by atoms with Gasteiger partial charge in [-0.1, -0.05) is 44.2 Å². The van der Waals surface area contributed by atoms with Crippen molar-refractivity contribution in [2.24, 2.45) is 5.92 Å². The van der Waals surface area contributed by atoms with Gasteiger partial charge in [0.2, 0.25) is 5.91 Å². The molecule has 44 heavy (non-hydrogen) atoms. The van der Waals surface area contributed by atoms with Crippen LogP contribution in [0.3, 0.4) is 0 Å². The summed E-state index contributed by atoms with van der Waals surface area (Å²) in [5.74, 6) is -1.61. The maximum absolute atomic E-state index is 13.5. The number of aromatic amines is 1. The van der Waals surface area contributed by atoms with E-state index >= 15 is 0 Å². The fourth-order valence-corrected chi connectivity index (χ4v) is 6.60. The van der Waals surface area contributed by atoms with Crippen LogP contribution in [0.1, 0.15) is 85.1 Å². The average Bonchev–Trinajstić information content (AvgIpc) is 3.78. The summed E-state index contributed by atoms with van der Waals surface area (Å²) in [4.78, 5) is 63.6. The second-order valence-corrected chi connectivity index (χ2v) is 12.5. The number of aryl methyl sites for hydroxylation is 1. The number of H-pyrrole nitrogens is 1. The Hall–Kier alpha value is -4.50. The highest BCUT2D eigenvalue weighted by Gasteiger charge is 2.28. The third kappa shape index (κ3) is 7.34. The van der Waals surface area contributed by atoms with Crippen LogP contribution in [-0.2, 0) is 11.2 Å². The molecule has 4 bridgehead atoms. The van der Waals surface area contributed by atoms with Crippen molar-refractivity contribution in [1.29, 1.82) is 0 Å². The molecule has 0 fully saturated rings. The van der Waals surface area contributed by atoms with E-state index in [0.717, 1.165) is 5.56 Å². The van der Waals surface area contributed by atoms with Crippen LogP contribution in [0.5, 0.6) is 0 Å². The standard InChI is InChI=1S/C29H33N9O4S2/c1-16(2)23-28-33-20(14-44-28)25(40)30-10-7-11-38(29(42)24-17(3)35-37-36-24)13-22(39)31-19(12-18-8-5-4-6-9-18)27-32-21(15-43-27)26(41)34-23/h4-6,8-9,14-16,19,23H,7,10-13H2,1-3H3,(H,30,40)(H,31,39)(H,34,41)(H,35,36,37)/t19-,23-/m0/s1.